The molecule has 0 unspecified atom stereocenters. The molecule has 3 heterocycles. The zero-order chi connectivity index (χ0) is 19.2. The van der Waals surface area contributed by atoms with Gasteiger partial charge < -0.3 is 9.80 Å². The van der Waals surface area contributed by atoms with Gasteiger partial charge in [-0.05, 0) is 31.6 Å². The minimum absolute atomic E-state index is 0.0605. The SMILES string of the molecule is CC1CCN(c2nc(F)c3c(c2F)S(=O)(=O)CCN3C2CCCCC2)CC1. The fraction of sp³-hybridized carbons (Fsp3) is 0.737. The Labute approximate surface area is 159 Å². The van der Waals surface area contributed by atoms with E-state index in [1.807, 2.05) is 0 Å². The highest BCUT2D eigenvalue weighted by atomic mass is 32.2. The predicted octanol–water partition coefficient (Wildman–Crippen LogP) is 3.52. The van der Waals surface area contributed by atoms with Crippen molar-refractivity contribution in [3.63, 3.8) is 0 Å². The third-order valence-electron chi connectivity index (χ3n) is 6.31. The summed E-state index contributed by atoms with van der Waals surface area (Å²) in [6, 6.07) is 0.0605. The van der Waals surface area contributed by atoms with E-state index in [4.69, 9.17) is 0 Å². The molecule has 0 amide bonds. The first-order valence-electron chi connectivity index (χ1n) is 10.0. The molecular weight excluding hydrogens is 372 g/mol. The van der Waals surface area contributed by atoms with Gasteiger partial charge in [-0.2, -0.15) is 9.37 Å². The van der Waals surface area contributed by atoms with Crippen molar-refractivity contribution < 1.29 is 17.2 Å². The number of sulfone groups is 1. The summed E-state index contributed by atoms with van der Waals surface area (Å²) in [5, 5.41) is 0. The van der Waals surface area contributed by atoms with Crippen LogP contribution in [-0.2, 0) is 9.84 Å². The second kappa shape index (κ2) is 7.18. The summed E-state index contributed by atoms with van der Waals surface area (Å²) in [4.78, 5) is 6.91. The van der Waals surface area contributed by atoms with Crippen molar-refractivity contribution in [1.29, 1.82) is 0 Å². The van der Waals surface area contributed by atoms with Crippen molar-refractivity contribution in [3.8, 4) is 0 Å². The van der Waals surface area contributed by atoms with Crippen molar-refractivity contribution in [2.75, 3.05) is 35.2 Å². The van der Waals surface area contributed by atoms with Crippen LogP contribution in [-0.4, -0.2) is 44.8 Å². The standard InChI is InChI=1S/C19H27F2N3O2S/c1-13-7-9-23(10-8-13)19-15(20)17-16(18(21)22-19)24(11-12-27(17,25)26)14-5-3-2-4-6-14/h13-14H,2-12H2,1H3. The molecule has 1 aliphatic carbocycles. The van der Waals surface area contributed by atoms with Crippen LogP contribution in [0.3, 0.4) is 0 Å². The second-order valence-electron chi connectivity index (χ2n) is 8.19. The van der Waals surface area contributed by atoms with E-state index < -0.39 is 26.5 Å². The summed E-state index contributed by atoms with van der Waals surface area (Å²) < 4.78 is 55.8. The van der Waals surface area contributed by atoms with Crippen LogP contribution in [0, 0.1) is 17.7 Å². The Bertz CT molecular complexity index is 817. The van der Waals surface area contributed by atoms with Crippen molar-refractivity contribution in [2.45, 2.75) is 62.8 Å². The van der Waals surface area contributed by atoms with Gasteiger partial charge in [0.2, 0.25) is 5.95 Å². The Hall–Kier alpha value is -1.44. The number of hydrogen-bond acceptors (Lipinski definition) is 5. The van der Waals surface area contributed by atoms with E-state index in [-0.39, 0.29) is 29.8 Å². The molecule has 1 aromatic rings. The Morgan fingerprint density at radius 3 is 2.33 bits per heavy atom. The number of halogens is 2. The Morgan fingerprint density at radius 1 is 1.00 bits per heavy atom. The van der Waals surface area contributed by atoms with Crippen molar-refractivity contribution in [1.82, 2.24) is 4.98 Å². The molecule has 5 nitrogen and oxygen atoms in total. The molecule has 0 atom stereocenters. The zero-order valence-electron chi connectivity index (χ0n) is 15.8. The topological polar surface area (TPSA) is 53.5 Å². The lowest BCUT2D eigenvalue weighted by molar-refractivity contribution is 0.403. The first kappa shape index (κ1) is 18.9. The van der Waals surface area contributed by atoms with Crippen molar-refractivity contribution >= 4 is 21.3 Å². The Balaban J connectivity index is 1.79. The molecule has 1 saturated heterocycles. The van der Waals surface area contributed by atoms with Gasteiger partial charge in [0, 0.05) is 25.7 Å². The molecule has 4 rings (SSSR count). The van der Waals surface area contributed by atoms with Crippen LogP contribution in [0.15, 0.2) is 4.90 Å². The van der Waals surface area contributed by atoms with Gasteiger partial charge in [0.05, 0.1) is 5.75 Å². The van der Waals surface area contributed by atoms with Gasteiger partial charge in [-0.15, -0.1) is 0 Å². The number of piperidine rings is 1. The molecule has 2 aliphatic heterocycles. The summed E-state index contributed by atoms with van der Waals surface area (Å²) in [6.45, 7) is 3.46. The highest BCUT2D eigenvalue weighted by Gasteiger charge is 2.40. The molecule has 8 heteroatoms. The molecule has 0 aromatic carbocycles. The van der Waals surface area contributed by atoms with Gasteiger partial charge in [0.15, 0.2) is 21.5 Å². The van der Waals surface area contributed by atoms with Gasteiger partial charge in [-0.1, -0.05) is 26.2 Å². The molecular formula is C19H27F2N3O2S. The van der Waals surface area contributed by atoms with Crippen LogP contribution in [0.1, 0.15) is 51.9 Å². The number of hydrogen-bond donors (Lipinski definition) is 0. The van der Waals surface area contributed by atoms with Gasteiger partial charge in [0.1, 0.15) is 10.6 Å². The van der Waals surface area contributed by atoms with Crippen molar-refractivity contribution in [3.05, 3.63) is 11.8 Å². The number of rotatable bonds is 2. The molecule has 150 valence electrons. The lowest BCUT2D eigenvalue weighted by Crippen LogP contribution is -2.45. The fourth-order valence-corrected chi connectivity index (χ4v) is 6.15. The second-order valence-corrected chi connectivity index (χ2v) is 10.2. The first-order valence-corrected chi connectivity index (χ1v) is 11.7. The van der Waals surface area contributed by atoms with Crippen LogP contribution in [0.4, 0.5) is 20.3 Å². The minimum Gasteiger partial charge on any atom is -0.363 e. The monoisotopic (exact) mass is 399 g/mol. The number of pyridine rings is 1. The number of nitrogens with zero attached hydrogens (tertiary/aromatic N) is 3. The fourth-order valence-electron chi connectivity index (χ4n) is 4.65. The maximum absolute atomic E-state index is 15.4. The van der Waals surface area contributed by atoms with Crippen LogP contribution >= 0.6 is 0 Å². The summed E-state index contributed by atoms with van der Waals surface area (Å²) in [7, 11) is -3.86. The lowest BCUT2D eigenvalue weighted by atomic mass is 9.94. The first-order chi connectivity index (χ1) is 12.9. The molecule has 3 aliphatic rings. The van der Waals surface area contributed by atoms with Crippen LogP contribution < -0.4 is 9.80 Å². The van der Waals surface area contributed by atoms with Gasteiger partial charge in [-0.25, -0.2) is 12.8 Å². The highest BCUT2D eigenvalue weighted by molar-refractivity contribution is 7.91. The van der Waals surface area contributed by atoms with E-state index >= 15 is 8.78 Å². The third-order valence-corrected chi connectivity index (χ3v) is 8.02. The van der Waals surface area contributed by atoms with Crippen LogP contribution in [0.2, 0.25) is 0 Å². The zero-order valence-corrected chi connectivity index (χ0v) is 16.6. The molecule has 1 saturated carbocycles. The molecule has 0 bridgehead atoms. The Morgan fingerprint density at radius 2 is 1.67 bits per heavy atom. The maximum atomic E-state index is 15.4. The summed E-state index contributed by atoms with van der Waals surface area (Å²) in [5.41, 5.74) is -0.139. The normalized spacial score (nSPS) is 24.1. The number of aromatic nitrogens is 1. The van der Waals surface area contributed by atoms with Crippen LogP contribution in [0.5, 0.6) is 0 Å². The molecule has 0 radical (unpaired) electrons. The van der Waals surface area contributed by atoms with Gasteiger partial charge in [-0.3, -0.25) is 0 Å². The average molecular weight is 400 g/mol. The van der Waals surface area contributed by atoms with E-state index in [2.05, 4.69) is 11.9 Å². The van der Waals surface area contributed by atoms with E-state index in [9.17, 15) is 8.42 Å². The van der Waals surface area contributed by atoms with Gasteiger partial charge >= 0.3 is 0 Å². The molecule has 0 spiro atoms. The van der Waals surface area contributed by atoms with Crippen molar-refractivity contribution in [2.24, 2.45) is 5.92 Å². The molecule has 27 heavy (non-hydrogen) atoms. The summed E-state index contributed by atoms with van der Waals surface area (Å²) >= 11 is 0. The van der Waals surface area contributed by atoms with E-state index in [1.165, 1.54) is 0 Å². The maximum Gasteiger partial charge on any atom is 0.239 e. The predicted molar refractivity (Wildman–Crippen MR) is 101 cm³/mol. The summed E-state index contributed by atoms with van der Waals surface area (Å²) in [6.07, 6.45) is 6.69. The molecule has 0 N–H and O–H groups in total. The van der Waals surface area contributed by atoms with Gasteiger partial charge in [0.25, 0.3) is 0 Å². The smallest absolute Gasteiger partial charge is 0.239 e. The van der Waals surface area contributed by atoms with E-state index in [0.29, 0.717) is 19.0 Å². The molecule has 2 fully saturated rings. The lowest BCUT2D eigenvalue weighted by Gasteiger charge is -2.40. The minimum atomic E-state index is -3.86. The van der Waals surface area contributed by atoms with E-state index in [0.717, 1.165) is 44.9 Å². The Kier molecular flexibility index (Phi) is 5.03. The molecule has 1 aromatic heterocycles. The third kappa shape index (κ3) is 3.41. The summed E-state index contributed by atoms with van der Waals surface area (Å²) in [5.74, 6) is -1.52. The highest BCUT2D eigenvalue weighted by Crippen LogP contribution is 2.41. The van der Waals surface area contributed by atoms with E-state index in [1.54, 1.807) is 9.80 Å². The quantitative estimate of drug-likeness (QED) is 0.712. The average Bonchev–Trinajstić information content (AvgIpc) is 2.65. The van der Waals surface area contributed by atoms with Crippen LogP contribution in [0.25, 0.3) is 0 Å². The number of fused-ring (bicyclic) bond motifs is 1. The largest absolute Gasteiger partial charge is 0.363 e. The number of anilines is 2.